The van der Waals surface area contributed by atoms with Gasteiger partial charge < -0.3 is 4.42 Å². The van der Waals surface area contributed by atoms with Crippen LogP contribution in [0.2, 0.25) is 5.02 Å². The number of benzene rings is 3. The van der Waals surface area contributed by atoms with Gasteiger partial charge in [0, 0.05) is 21.2 Å². The van der Waals surface area contributed by atoms with Gasteiger partial charge in [0.15, 0.2) is 0 Å². The van der Waals surface area contributed by atoms with Crippen LogP contribution < -0.4 is 0 Å². The van der Waals surface area contributed by atoms with Gasteiger partial charge >= 0.3 is 0 Å². The van der Waals surface area contributed by atoms with E-state index in [1.54, 1.807) is 0 Å². The molecule has 0 saturated heterocycles. The predicted molar refractivity (Wildman–Crippen MR) is 96.3 cm³/mol. The number of hydrogen-bond donors (Lipinski definition) is 0. The Kier molecular flexibility index (Phi) is 2.40. The molecule has 5 rings (SSSR count). The number of halogens is 1. The normalized spacial score (nSPS) is 15.1. The SMILES string of the molecule is CC1(C)c2ccc(Cl)cc2-c2ccc3oc4ccccc4c3c21. The fraction of sp³-hybridized carbons (Fsp3) is 0.143. The second-order valence-electron chi connectivity index (χ2n) is 6.77. The van der Waals surface area contributed by atoms with Crippen molar-refractivity contribution in [3.8, 4) is 11.1 Å². The molecule has 0 amide bonds. The van der Waals surface area contributed by atoms with Crippen LogP contribution in [0.4, 0.5) is 0 Å². The summed E-state index contributed by atoms with van der Waals surface area (Å²) in [6, 6.07) is 18.8. The van der Waals surface area contributed by atoms with E-state index in [0.29, 0.717) is 0 Å². The van der Waals surface area contributed by atoms with Gasteiger partial charge in [-0.05, 0) is 46.5 Å². The van der Waals surface area contributed by atoms with E-state index in [4.69, 9.17) is 16.0 Å². The van der Waals surface area contributed by atoms with Crippen molar-refractivity contribution in [1.29, 1.82) is 0 Å². The molecule has 0 aliphatic heterocycles. The third kappa shape index (κ3) is 1.58. The average Bonchev–Trinajstić information content (AvgIpc) is 3.01. The van der Waals surface area contributed by atoms with Gasteiger partial charge in [0.25, 0.3) is 0 Å². The summed E-state index contributed by atoms with van der Waals surface area (Å²) < 4.78 is 6.07. The molecule has 0 radical (unpaired) electrons. The molecule has 1 aromatic heterocycles. The molecule has 1 heterocycles. The van der Waals surface area contributed by atoms with Crippen molar-refractivity contribution in [2.75, 3.05) is 0 Å². The van der Waals surface area contributed by atoms with Crippen LogP contribution >= 0.6 is 11.6 Å². The van der Waals surface area contributed by atoms with Gasteiger partial charge in [0.2, 0.25) is 0 Å². The third-order valence-electron chi connectivity index (χ3n) is 5.11. The van der Waals surface area contributed by atoms with Crippen LogP contribution in [0.25, 0.3) is 33.1 Å². The second-order valence-corrected chi connectivity index (χ2v) is 7.21. The zero-order chi connectivity index (χ0) is 15.8. The number of para-hydroxylation sites is 1. The van der Waals surface area contributed by atoms with E-state index >= 15 is 0 Å². The minimum absolute atomic E-state index is 0.0680. The molecular weight excluding hydrogens is 304 g/mol. The average molecular weight is 319 g/mol. The molecule has 0 bridgehead atoms. The fourth-order valence-electron chi connectivity index (χ4n) is 4.11. The molecule has 0 fully saturated rings. The molecular formula is C21H15ClO. The van der Waals surface area contributed by atoms with E-state index in [1.165, 1.54) is 33.0 Å². The maximum absolute atomic E-state index is 6.26. The Labute approximate surface area is 139 Å². The van der Waals surface area contributed by atoms with Crippen molar-refractivity contribution >= 4 is 33.5 Å². The highest BCUT2D eigenvalue weighted by atomic mass is 35.5. The van der Waals surface area contributed by atoms with Gasteiger partial charge in [-0.15, -0.1) is 0 Å². The molecule has 112 valence electrons. The van der Waals surface area contributed by atoms with E-state index in [2.05, 4.69) is 50.2 Å². The molecule has 0 atom stereocenters. The van der Waals surface area contributed by atoms with Gasteiger partial charge in [-0.1, -0.05) is 55.8 Å². The van der Waals surface area contributed by atoms with Gasteiger partial charge in [-0.3, -0.25) is 0 Å². The Bertz CT molecular complexity index is 1100. The molecule has 0 spiro atoms. The standard InChI is InChI=1S/C21H15ClO/c1-21(2)16-9-7-12(22)11-15(16)13-8-10-18-19(20(13)21)14-5-3-4-6-17(14)23-18/h3-11H,1-2H3. The first kappa shape index (κ1) is 13.2. The summed E-state index contributed by atoms with van der Waals surface area (Å²) in [4.78, 5) is 0. The lowest BCUT2D eigenvalue weighted by molar-refractivity contribution is 0.657. The summed E-state index contributed by atoms with van der Waals surface area (Å²) in [5.74, 6) is 0. The van der Waals surface area contributed by atoms with E-state index in [1.807, 2.05) is 18.2 Å². The minimum Gasteiger partial charge on any atom is -0.456 e. The van der Waals surface area contributed by atoms with Crippen molar-refractivity contribution in [1.82, 2.24) is 0 Å². The molecule has 23 heavy (non-hydrogen) atoms. The van der Waals surface area contributed by atoms with Crippen LogP contribution in [-0.4, -0.2) is 0 Å². The summed E-state index contributed by atoms with van der Waals surface area (Å²) in [5.41, 5.74) is 7.02. The van der Waals surface area contributed by atoms with Crippen LogP contribution in [0.1, 0.15) is 25.0 Å². The van der Waals surface area contributed by atoms with Crippen LogP contribution in [0.5, 0.6) is 0 Å². The van der Waals surface area contributed by atoms with Gasteiger partial charge in [0.05, 0.1) is 0 Å². The molecule has 0 saturated carbocycles. The Morgan fingerprint density at radius 1 is 0.870 bits per heavy atom. The highest BCUT2D eigenvalue weighted by molar-refractivity contribution is 6.31. The summed E-state index contributed by atoms with van der Waals surface area (Å²) in [5, 5.41) is 3.20. The Morgan fingerprint density at radius 3 is 2.57 bits per heavy atom. The lowest BCUT2D eigenvalue weighted by Crippen LogP contribution is -2.15. The smallest absolute Gasteiger partial charge is 0.135 e. The molecule has 1 aliphatic carbocycles. The zero-order valence-corrected chi connectivity index (χ0v) is 13.7. The molecule has 0 N–H and O–H groups in total. The maximum Gasteiger partial charge on any atom is 0.135 e. The highest BCUT2D eigenvalue weighted by Gasteiger charge is 2.38. The van der Waals surface area contributed by atoms with Gasteiger partial charge in [-0.2, -0.15) is 0 Å². The molecule has 3 aromatic carbocycles. The number of fused-ring (bicyclic) bond motifs is 7. The maximum atomic E-state index is 6.26. The molecule has 4 aromatic rings. The van der Waals surface area contributed by atoms with Crippen molar-refractivity contribution < 1.29 is 4.42 Å². The van der Waals surface area contributed by atoms with E-state index in [0.717, 1.165) is 16.2 Å². The van der Waals surface area contributed by atoms with E-state index < -0.39 is 0 Å². The topological polar surface area (TPSA) is 13.1 Å². The van der Waals surface area contributed by atoms with Gasteiger partial charge in [-0.25, -0.2) is 0 Å². The van der Waals surface area contributed by atoms with Crippen LogP contribution in [0.3, 0.4) is 0 Å². The molecule has 0 unspecified atom stereocenters. The van der Waals surface area contributed by atoms with Gasteiger partial charge in [0.1, 0.15) is 11.2 Å². The zero-order valence-electron chi connectivity index (χ0n) is 13.0. The lowest BCUT2D eigenvalue weighted by atomic mass is 9.80. The number of rotatable bonds is 0. The van der Waals surface area contributed by atoms with Crippen molar-refractivity contribution in [2.45, 2.75) is 19.3 Å². The first-order chi connectivity index (χ1) is 11.1. The van der Waals surface area contributed by atoms with Crippen LogP contribution in [0, 0.1) is 0 Å². The first-order valence-electron chi connectivity index (χ1n) is 7.82. The quantitative estimate of drug-likeness (QED) is 0.358. The third-order valence-corrected chi connectivity index (χ3v) is 5.35. The van der Waals surface area contributed by atoms with Crippen LogP contribution in [0.15, 0.2) is 59.0 Å². The first-order valence-corrected chi connectivity index (χ1v) is 8.20. The summed E-state index contributed by atoms with van der Waals surface area (Å²) in [6.45, 7) is 4.57. The molecule has 1 aliphatic rings. The van der Waals surface area contributed by atoms with Crippen molar-refractivity contribution in [3.63, 3.8) is 0 Å². The van der Waals surface area contributed by atoms with E-state index in [-0.39, 0.29) is 5.41 Å². The summed E-state index contributed by atoms with van der Waals surface area (Å²) in [7, 11) is 0. The molecule has 1 nitrogen and oxygen atoms in total. The summed E-state index contributed by atoms with van der Waals surface area (Å²) >= 11 is 6.26. The number of furan rings is 1. The van der Waals surface area contributed by atoms with Crippen molar-refractivity contribution in [3.05, 3.63) is 70.7 Å². The second kappa shape index (κ2) is 4.18. The lowest BCUT2D eigenvalue weighted by Gasteiger charge is -2.22. The Morgan fingerprint density at radius 2 is 1.70 bits per heavy atom. The number of hydrogen-bond acceptors (Lipinski definition) is 1. The Hall–Kier alpha value is -2.25. The van der Waals surface area contributed by atoms with E-state index in [9.17, 15) is 0 Å². The highest BCUT2D eigenvalue weighted by Crippen LogP contribution is 2.53. The predicted octanol–water partition coefficient (Wildman–Crippen LogP) is 6.55. The van der Waals surface area contributed by atoms with Crippen molar-refractivity contribution in [2.24, 2.45) is 0 Å². The van der Waals surface area contributed by atoms with Crippen LogP contribution in [-0.2, 0) is 5.41 Å². The molecule has 2 heteroatoms. The monoisotopic (exact) mass is 318 g/mol. The largest absolute Gasteiger partial charge is 0.456 e. The fourth-order valence-corrected chi connectivity index (χ4v) is 4.28. The summed E-state index contributed by atoms with van der Waals surface area (Å²) in [6.07, 6.45) is 0. The Balaban J connectivity index is 2.01. The minimum atomic E-state index is -0.0680.